The van der Waals surface area contributed by atoms with Crippen LogP contribution in [0.3, 0.4) is 0 Å². The molecule has 0 spiro atoms. The Morgan fingerprint density at radius 3 is 2.80 bits per heavy atom. The minimum atomic E-state index is 0.736. The van der Waals surface area contributed by atoms with Crippen molar-refractivity contribution in [2.24, 2.45) is 0 Å². The number of rotatable bonds is 7. The first kappa shape index (κ1) is 11.9. The first-order valence-corrected chi connectivity index (χ1v) is 5.34. The third kappa shape index (κ3) is 4.70. The maximum atomic E-state index is 5.58. The Labute approximate surface area is 91.4 Å². The van der Waals surface area contributed by atoms with E-state index in [2.05, 4.69) is 12.2 Å². The van der Waals surface area contributed by atoms with Crippen LogP contribution in [0.15, 0.2) is 24.3 Å². The molecular weight excluding hydrogens is 190 g/mol. The van der Waals surface area contributed by atoms with Crippen LogP contribution >= 0.6 is 0 Å². The SMILES string of the molecule is CCNCCCOc1cccc(OC)c1. The van der Waals surface area contributed by atoms with Gasteiger partial charge in [0.1, 0.15) is 11.5 Å². The van der Waals surface area contributed by atoms with Crippen molar-refractivity contribution in [3.63, 3.8) is 0 Å². The van der Waals surface area contributed by atoms with Crippen LogP contribution in [0.2, 0.25) is 0 Å². The fourth-order valence-corrected chi connectivity index (χ4v) is 1.25. The molecule has 84 valence electrons. The number of hydrogen-bond donors (Lipinski definition) is 1. The standard InChI is InChI=1S/C12H19NO2/c1-3-13-8-5-9-15-12-7-4-6-11(10-12)14-2/h4,6-7,10,13H,3,5,8-9H2,1-2H3. The molecule has 0 bridgehead atoms. The van der Waals surface area contributed by atoms with E-state index in [0.717, 1.165) is 37.6 Å². The van der Waals surface area contributed by atoms with E-state index in [1.165, 1.54) is 0 Å². The third-order valence-corrected chi connectivity index (χ3v) is 2.06. The van der Waals surface area contributed by atoms with E-state index in [1.54, 1.807) is 7.11 Å². The molecule has 1 aromatic rings. The molecule has 0 unspecified atom stereocenters. The largest absolute Gasteiger partial charge is 0.497 e. The smallest absolute Gasteiger partial charge is 0.122 e. The van der Waals surface area contributed by atoms with Crippen LogP contribution in [-0.4, -0.2) is 26.8 Å². The van der Waals surface area contributed by atoms with Crippen molar-refractivity contribution in [3.8, 4) is 11.5 Å². The molecule has 1 N–H and O–H groups in total. The van der Waals surface area contributed by atoms with Crippen LogP contribution in [0.1, 0.15) is 13.3 Å². The van der Waals surface area contributed by atoms with Gasteiger partial charge in [-0.15, -0.1) is 0 Å². The first-order chi connectivity index (χ1) is 7.36. The summed E-state index contributed by atoms with van der Waals surface area (Å²) in [5.74, 6) is 1.70. The number of ether oxygens (including phenoxy) is 2. The summed E-state index contributed by atoms with van der Waals surface area (Å²) in [7, 11) is 1.66. The molecule has 0 heterocycles. The summed E-state index contributed by atoms with van der Waals surface area (Å²) in [5.41, 5.74) is 0. The van der Waals surface area contributed by atoms with Gasteiger partial charge in [-0.25, -0.2) is 0 Å². The minimum Gasteiger partial charge on any atom is -0.497 e. The van der Waals surface area contributed by atoms with E-state index in [0.29, 0.717) is 0 Å². The molecule has 0 saturated carbocycles. The molecule has 0 aromatic heterocycles. The van der Waals surface area contributed by atoms with E-state index in [1.807, 2.05) is 24.3 Å². The molecule has 1 rings (SSSR count). The Morgan fingerprint density at radius 1 is 1.27 bits per heavy atom. The Balaban J connectivity index is 2.24. The molecule has 0 amide bonds. The normalized spacial score (nSPS) is 10.0. The van der Waals surface area contributed by atoms with Gasteiger partial charge in [0.2, 0.25) is 0 Å². The van der Waals surface area contributed by atoms with Crippen molar-refractivity contribution < 1.29 is 9.47 Å². The molecule has 3 nitrogen and oxygen atoms in total. The maximum Gasteiger partial charge on any atom is 0.122 e. The zero-order chi connectivity index (χ0) is 10.9. The summed E-state index contributed by atoms with van der Waals surface area (Å²) in [4.78, 5) is 0. The summed E-state index contributed by atoms with van der Waals surface area (Å²) in [6, 6.07) is 7.67. The Hall–Kier alpha value is -1.22. The predicted molar refractivity (Wildman–Crippen MR) is 61.6 cm³/mol. The highest BCUT2D eigenvalue weighted by Gasteiger charge is 1.95. The van der Waals surface area contributed by atoms with E-state index >= 15 is 0 Å². The Morgan fingerprint density at radius 2 is 2.07 bits per heavy atom. The lowest BCUT2D eigenvalue weighted by Crippen LogP contribution is -2.16. The lowest BCUT2D eigenvalue weighted by atomic mass is 10.3. The van der Waals surface area contributed by atoms with Gasteiger partial charge in [0.25, 0.3) is 0 Å². The number of benzene rings is 1. The maximum absolute atomic E-state index is 5.58. The highest BCUT2D eigenvalue weighted by atomic mass is 16.5. The molecule has 1 aromatic carbocycles. The van der Waals surface area contributed by atoms with Crippen molar-refractivity contribution in [3.05, 3.63) is 24.3 Å². The monoisotopic (exact) mass is 209 g/mol. The summed E-state index contributed by atoms with van der Waals surface area (Å²) >= 11 is 0. The van der Waals surface area contributed by atoms with Gasteiger partial charge in [-0.05, 0) is 31.6 Å². The van der Waals surface area contributed by atoms with Crippen LogP contribution < -0.4 is 14.8 Å². The Bertz CT molecular complexity index is 276. The first-order valence-electron chi connectivity index (χ1n) is 5.34. The second-order valence-corrected chi connectivity index (χ2v) is 3.23. The fraction of sp³-hybridized carbons (Fsp3) is 0.500. The molecule has 15 heavy (non-hydrogen) atoms. The average Bonchev–Trinajstić information content (AvgIpc) is 2.29. The van der Waals surface area contributed by atoms with Crippen molar-refractivity contribution >= 4 is 0 Å². The van der Waals surface area contributed by atoms with Gasteiger partial charge in [-0.1, -0.05) is 13.0 Å². The van der Waals surface area contributed by atoms with Crippen LogP contribution in [0, 0.1) is 0 Å². The van der Waals surface area contributed by atoms with Gasteiger partial charge >= 0.3 is 0 Å². The molecule has 3 heteroatoms. The average molecular weight is 209 g/mol. The number of nitrogens with one attached hydrogen (secondary N) is 1. The van der Waals surface area contributed by atoms with Gasteiger partial charge < -0.3 is 14.8 Å². The summed E-state index contributed by atoms with van der Waals surface area (Å²) in [6.07, 6.45) is 1.02. The molecule has 0 aliphatic carbocycles. The molecule has 0 saturated heterocycles. The van der Waals surface area contributed by atoms with E-state index in [4.69, 9.17) is 9.47 Å². The van der Waals surface area contributed by atoms with Gasteiger partial charge in [0.15, 0.2) is 0 Å². The van der Waals surface area contributed by atoms with Gasteiger partial charge in [0.05, 0.1) is 13.7 Å². The zero-order valence-electron chi connectivity index (χ0n) is 9.45. The lowest BCUT2D eigenvalue weighted by Gasteiger charge is -2.07. The Kier molecular flexibility index (Phi) is 5.63. The van der Waals surface area contributed by atoms with E-state index in [-0.39, 0.29) is 0 Å². The highest BCUT2D eigenvalue weighted by Crippen LogP contribution is 2.18. The second-order valence-electron chi connectivity index (χ2n) is 3.23. The third-order valence-electron chi connectivity index (χ3n) is 2.06. The molecular formula is C12H19NO2. The van der Waals surface area contributed by atoms with Gasteiger partial charge in [-0.3, -0.25) is 0 Å². The highest BCUT2D eigenvalue weighted by molar-refractivity contribution is 5.32. The molecule has 0 aliphatic heterocycles. The van der Waals surface area contributed by atoms with Crippen molar-refractivity contribution in [1.82, 2.24) is 5.32 Å². The molecule has 0 radical (unpaired) electrons. The quantitative estimate of drug-likeness (QED) is 0.697. The molecule has 0 aliphatic rings. The number of methoxy groups -OCH3 is 1. The molecule has 0 atom stereocenters. The fourth-order valence-electron chi connectivity index (χ4n) is 1.25. The van der Waals surface area contributed by atoms with Gasteiger partial charge in [-0.2, -0.15) is 0 Å². The van der Waals surface area contributed by atoms with Crippen LogP contribution in [0.25, 0.3) is 0 Å². The summed E-state index contributed by atoms with van der Waals surface area (Å²) < 4.78 is 10.7. The van der Waals surface area contributed by atoms with Crippen LogP contribution in [0.5, 0.6) is 11.5 Å². The van der Waals surface area contributed by atoms with Gasteiger partial charge in [0, 0.05) is 6.07 Å². The summed E-state index contributed by atoms with van der Waals surface area (Å²) in [6.45, 7) is 4.85. The van der Waals surface area contributed by atoms with Crippen LogP contribution in [0.4, 0.5) is 0 Å². The summed E-state index contributed by atoms with van der Waals surface area (Å²) in [5, 5.41) is 3.25. The number of hydrogen-bond acceptors (Lipinski definition) is 3. The zero-order valence-corrected chi connectivity index (χ0v) is 9.45. The lowest BCUT2D eigenvalue weighted by molar-refractivity contribution is 0.306. The van der Waals surface area contributed by atoms with Crippen molar-refractivity contribution in [2.75, 3.05) is 26.8 Å². The van der Waals surface area contributed by atoms with Crippen molar-refractivity contribution in [1.29, 1.82) is 0 Å². The minimum absolute atomic E-state index is 0.736. The predicted octanol–water partition coefficient (Wildman–Crippen LogP) is 2.07. The molecule has 0 fully saturated rings. The van der Waals surface area contributed by atoms with E-state index < -0.39 is 0 Å². The van der Waals surface area contributed by atoms with Crippen molar-refractivity contribution in [2.45, 2.75) is 13.3 Å². The topological polar surface area (TPSA) is 30.5 Å². The van der Waals surface area contributed by atoms with E-state index in [9.17, 15) is 0 Å². The second kappa shape index (κ2) is 7.12. The van der Waals surface area contributed by atoms with Crippen LogP contribution in [-0.2, 0) is 0 Å².